The maximum atomic E-state index is 14.6. The number of esters is 2. The summed E-state index contributed by atoms with van der Waals surface area (Å²) in [4.78, 5) is 24.4. The predicted octanol–water partition coefficient (Wildman–Crippen LogP) is 4.94. The molecule has 0 fully saturated rings. The van der Waals surface area contributed by atoms with E-state index in [4.69, 9.17) is 14.0 Å². The van der Waals surface area contributed by atoms with Gasteiger partial charge in [0, 0.05) is 16.7 Å². The molecule has 1 atom stereocenters. The number of rotatable bonds is 5. The van der Waals surface area contributed by atoms with E-state index in [1.165, 1.54) is 32.0 Å². The van der Waals surface area contributed by atoms with E-state index >= 15 is 0 Å². The third-order valence-electron chi connectivity index (χ3n) is 4.98. The second kappa shape index (κ2) is 8.57. The van der Waals surface area contributed by atoms with E-state index in [1.807, 2.05) is 24.3 Å². The summed E-state index contributed by atoms with van der Waals surface area (Å²) in [7, 11) is -3.83. The molecule has 0 N–H and O–H groups in total. The van der Waals surface area contributed by atoms with Crippen LogP contribution >= 0.6 is 7.37 Å². The highest BCUT2D eigenvalue weighted by molar-refractivity contribution is 7.75. The fourth-order valence-corrected chi connectivity index (χ4v) is 5.75. The van der Waals surface area contributed by atoms with Crippen molar-refractivity contribution < 1.29 is 28.2 Å². The van der Waals surface area contributed by atoms with Crippen molar-refractivity contribution in [2.45, 2.75) is 13.8 Å². The van der Waals surface area contributed by atoms with Gasteiger partial charge in [-0.2, -0.15) is 0 Å². The SMILES string of the molecule is C=C(C)C(=O)Oc1ccc(OC(=O)C(=C)C)c(P2(=O)Oc3ccccc3-c3ccccc32)c1. The zero-order valence-electron chi connectivity index (χ0n) is 18.2. The zero-order valence-corrected chi connectivity index (χ0v) is 19.1. The molecule has 3 aromatic rings. The van der Waals surface area contributed by atoms with Gasteiger partial charge in [-0.25, -0.2) is 9.59 Å². The van der Waals surface area contributed by atoms with Crippen LogP contribution in [-0.4, -0.2) is 11.9 Å². The molecule has 1 unspecified atom stereocenters. The van der Waals surface area contributed by atoms with Gasteiger partial charge in [0.1, 0.15) is 17.2 Å². The van der Waals surface area contributed by atoms with Gasteiger partial charge in [0.2, 0.25) is 0 Å². The van der Waals surface area contributed by atoms with Gasteiger partial charge in [-0.15, -0.1) is 0 Å². The quantitative estimate of drug-likeness (QED) is 0.232. The van der Waals surface area contributed by atoms with Gasteiger partial charge in [0.15, 0.2) is 0 Å². The molecule has 7 heteroatoms. The Hall–Kier alpha value is -3.89. The van der Waals surface area contributed by atoms with Gasteiger partial charge in [-0.1, -0.05) is 49.6 Å². The van der Waals surface area contributed by atoms with Crippen LogP contribution in [0.1, 0.15) is 13.8 Å². The first-order valence-electron chi connectivity index (χ1n) is 10.1. The van der Waals surface area contributed by atoms with Crippen molar-refractivity contribution in [1.82, 2.24) is 0 Å². The predicted molar refractivity (Wildman–Crippen MR) is 127 cm³/mol. The minimum absolute atomic E-state index is 0.0237. The Kier molecular flexibility index (Phi) is 5.79. The largest absolute Gasteiger partial charge is 0.436 e. The summed E-state index contributed by atoms with van der Waals surface area (Å²) in [6.07, 6.45) is 0. The topological polar surface area (TPSA) is 78.9 Å². The maximum Gasteiger partial charge on any atom is 0.338 e. The van der Waals surface area contributed by atoms with E-state index in [1.54, 1.807) is 24.3 Å². The summed E-state index contributed by atoms with van der Waals surface area (Å²) in [6, 6.07) is 18.7. The fraction of sp³-hybridized carbons (Fsp3) is 0.0769. The summed E-state index contributed by atoms with van der Waals surface area (Å²) in [6.45, 7) is 10.2. The van der Waals surface area contributed by atoms with Crippen LogP contribution in [0.2, 0.25) is 0 Å². The van der Waals surface area contributed by atoms with E-state index in [-0.39, 0.29) is 27.9 Å². The molecule has 0 aromatic heterocycles. The number of hydrogen-bond donors (Lipinski definition) is 0. The van der Waals surface area contributed by atoms with E-state index < -0.39 is 19.3 Å². The lowest BCUT2D eigenvalue weighted by molar-refractivity contribution is -0.131. The summed E-state index contributed by atoms with van der Waals surface area (Å²) >= 11 is 0. The maximum absolute atomic E-state index is 14.6. The fourth-order valence-electron chi connectivity index (χ4n) is 3.35. The van der Waals surface area contributed by atoms with Crippen molar-refractivity contribution in [3.63, 3.8) is 0 Å². The molecule has 0 amide bonds. The van der Waals surface area contributed by atoms with Crippen LogP contribution in [0.5, 0.6) is 17.2 Å². The Bertz CT molecular complexity index is 1370. The molecule has 0 saturated heterocycles. The van der Waals surface area contributed by atoms with Crippen LogP contribution in [0.4, 0.5) is 0 Å². The van der Waals surface area contributed by atoms with Crippen molar-refractivity contribution >= 4 is 29.9 Å². The first-order chi connectivity index (χ1) is 15.7. The molecule has 4 rings (SSSR count). The Morgan fingerprint density at radius 1 is 0.788 bits per heavy atom. The molecule has 33 heavy (non-hydrogen) atoms. The molecular formula is C26H21O6P. The summed E-state index contributed by atoms with van der Waals surface area (Å²) in [5, 5.41) is 0.533. The summed E-state index contributed by atoms with van der Waals surface area (Å²) in [5.41, 5.74) is 1.91. The highest BCUT2D eigenvalue weighted by Crippen LogP contribution is 2.55. The third kappa shape index (κ3) is 4.13. The third-order valence-corrected chi connectivity index (χ3v) is 7.44. The van der Waals surface area contributed by atoms with Crippen LogP contribution in [0.3, 0.4) is 0 Å². The van der Waals surface area contributed by atoms with E-state index in [0.717, 1.165) is 11.1 Å². The first-order valence-corrected chi connectivity index (χ1v) is 11.7. The average molecular weight is 460 g/mol. The van der Waals surface area contributed by atoms with E-state index in [2.05, 4.69) is 13.2 Å². The number of ether oxygens (including phenoxy) is 2. The van der Waals surface area contributed by atoms with Crippen molar-refractivity contribution in [2.24, 2.45) is 0 Å². The smallest absolute Gasteiger partial charge is 0.338 e. The lowest BCUT2D eigenvalue weighted by Crippen LogP contribution is -2.27. The highest BCUT2D eigenvalue weighted by Gasteiger charge is 2.40. The van der Waals surface area contributed by atoms with Crippen LogP contribution in [0.25, 0.3) is 11.1 Å². The summed E-state index contributed by atoms with van der Waals surface area (Å²) < 4.78 is 31.5. The average Bonchev–Trinajstić information content (AvgIpc) is 2.80. The van der Waals surface area contributed by atoms with Gasteiger partial charge in [-0.3, -0.25) is 4.57 Å². The molecule has 0 radical (unpaired) electrons. The Balaban J connectivity index is 1.92. The van der Waals surface area contributed by atoms with Crippen molar-refractivity contribution in [1.29, 1.82) is 0 Å². The summed E-state index contributed by atoms with van der Waals surface area (Å²) in [5.74, 6) is -0.749. The van der Waals surface area contributed by atoms with Crippen LogP contribution in [0.15, 0.2) is 91.0 Å². The van der Waals surface area contributed by atoms with Crippen LogP contribution in [-0.2, 0) is 14.2 Å². The number of para-hydroxylation sites is 1. The van der Waals surface area contributed by atoms with Crippen molar-refractivity contribution in [3.05, 3.63) is 91.0 Å². The monoisotopic (exact) mass is 460 g/mol. The molecule has 166 valence electrons. The van der Waals surface area contributed by atoms with Crippen LogP contribution < -0.4 is 24.6 Å². The van der Waals surface area contributed by atoms with Gasteiger partial charge in [0.05, 0.1) is 10.6 Å². The zero-order chi connectivity index (χ0) is 23.8. The molecule has 6 nitrogen and oxygen atoms in total. The normalized spacial score (nSPS) is 15.9. The Morgan fingerprint density at radius 3 is 2.09 bits per heavy atom. The minimum atomic E-state index is -3.83. The molecule has 0 aliphatic carbocycles. The van der Waals surface area contributed by atoms with Gasteiger partial charge >= 0.3 is 19.3 Å². The van der Waals surface area contributed by atoms with Crippen molar-refractivity contribution in [3.8, 4) is 28.4 Å². The Morgan fingerprint density at radius 2 is 1.39 bits per heavy atom. The number of benzene rings is 3. The second-order valence-electron chi connectivity index (χ2n) is 7.63. The lowest BCUT2D eigenvalue weighted by Gasteiger charge is -2.29. The Labute approximate surface area is 191 Å². The van der Waals surface area contributed by atoms with Gasteiger partial charge < -0.3 is 14.0 Å². The second-order valence-corrected chi connectivity index (χ2v) is 9.87. The lowest BCUT2D eigenvalue weighted by atomic mass is 10.0. The first kappa shape index (κ1) is 22.3. The standard InChI is InChI=1S/C26H21O6P/c1-16(2)25(27)30-18-13-14-22(31-26(28)17(3)4)24(15-18)33(29)23-12-8-6-10-20(23)19-9-5-7-11-21(19)32-33/h5-15H,1,3H2,2,4H3. The molecule has 1 heterocycles. The molecule has 0 saturated carbocycles. The number of hydrogen-bond acceptors (Lipinski definition) is 6. The number of fused-ring (bicyclic) bond motifs is 3. The molecule has 3 aromatic carbocycles. The molecule has 0 bridgehead atoms. The minimum Gasteiger partial charge on any atom is -0.436 e. The van der Waals surface area contributed by atoms with Crippen LogP contribution in [0, 0.1) is 0 Å². The van der Waals surface area contributed by atoms with E-state index in [0.29, 0.717) is 11.1 Å². The number of carbonyl (C=O) groups excluding carboxylic acids is 2. The molecule has 1 aliphatic rings. The van der Waals surface area contributed by atoms with Crippen molar-refractivity contribution in [2.75, 3.05) is 0 Å². The van der Waals surface area contributed by atoms with E-state index in [9.17, 15) is 14.2 Å². The number of carbonyl (C=O) groups is 2. The molecule has 1 aliphatic heterocycles. The van der Waals surface area contributed by atoms with Gasteiger partial charge in [-0.05, 0) is 49.7 Å². The molecular weight excluding hydrogens is 439 g/mol. The highest BCUT2D eigenvalue weighted by atomic mass is 31.2. The molecule has 0 spiro atoms. The van der Waals surface area contributed by atoms with Gasteiger partial charge in [0.25, 0.3) is 0 Å².